The SMILES string of the molecule is COc1ccccc1N1CCN(CC(O)COc2ccc(C(C)C)c(C)c2)CC1.Cl.Cl. The lowest BCUT2D eigenvalue weighted by Gasteiger charge is -2.37. The Balaban J connectivity index is 0.00000240. The molecule has 31 heavy (non-hydrogen) atoms. The standard InChI is InChI=1S/C24H34N2O3.2ClH/c1-18(2)22-10-9-21(15-19(22)3)29-17-20(27)16-25-11-13-26(14-12-25)23-7-5-6-8-24(23)28-4;;/h5-10,15,18,20,27H,11-14,16-17H2,1-4H3;2*1H. The van der Waals surface area contributed by atoms with Crippen LogP contribution in [0, 0.1) is 6.92 Å². The first-order chi connectivity index (χ1) is 14.0. The van der Waals surface area contributed by atoms with Gasteiger partial charge in [-0.2, -0.15) is 0 Å². The van der Waals surface area contributed by atoms with E-state index in [2.05, 4.69) is 48.8 Å². The largest absolute Gasteiger partial charge is 0.495 e. The third-order valence-corrected chi connectivity index (χ3v) is 5.57. The summed E-state index contributed by atoms with van der Waals surface area (Å²) in [5, 5.41) is 10.4. The van der Waals surface area contributed by atoms with Crippen LogP contribution in [0.4, 0.5) is 5.69 Å². The molecular weight excluding hydrogens is 435 g/mol. The van der Waals surface area contributed by atoms with E-state index in [4.69, 9.17) is 9.47 Å². The Morgan fingerprint density at radius 1 is 1.00 bits per heavy atom. The molecule has 0 aromatic heterocycles. The Kier molecular flexibility index (Phi) is 11.5. The van der Waals surface area contributed by atoms with Gasteiger partial charge in [0, 0.05) is 32.7 Å². The molecule has 0 radical (unpaired) electrons. The number of anilines is 1. The lowest BCUT2D eigenvalue weighted by atomic mass is 9.98. The molecule has 2 aromatic carbocycles. The maximum absolute atomic E-state index is 10.4. The maximum Gasteiger partial charge on any atom is 0.142 e. The van der Waals surface area contributed by atoms with Crippen LogP contribution in [0.3, 0.4) is 0 Å². The van der Waals surface area contributed by atoms with E-state index in [-0.39, 0.29) is 24.8 Å². The third-order valence-electron chi connectivity index (χ3n) is 5.57. The molecule has 0 spiro atoms. The smallest absolute Gasteiger partial charge is 0.142 e. The fraction of sp³-hybridized carbons (Fsp3) is 0.500. The quantitative estimate of drug-likeness (QED) is 0.613. The zero-order valence-corrected chi connectivity index (χ0v) is 20.5. The van der Waals surface area contributed by atoms with E-state index >= 15 is 0 Å². The zero-order valence-electron chi connectivity index (χ0n) is 18.9. The molecule has 0 saturated carbocycles. The summed E-state index contributed by atoms with van der Waals surface area (Å²) in [5.74, 6) is 2.24. The minimum Gasteiger partial charge on any atom is -0.495 e. The molecule has 2 aromatic rings. The summed E-state index contributed by atoms with van der Waals surface area (Å²) in [6.45, 7) is 11.1. The number of hydrogen-bond donors (Lipinski definition) is 1. The molecule has 0 aliphatic carbocycles. The monoisotopic (exact) mass is 470 g/mol. The lowest BCUT2D eigenvalue weighted by molar-refractivity contribution is 0.0662. The Labute approximate surface area is 199 Å². The van der Waals surface area contributed by atoms with Crippen molar-refractivity contribution in [1.82, 2.24) is 4.90 Å². The van der Waals surface area contributed by atoms with Crippen LogP contribution >= 0.6 is 24.8 Å². The number of hydrogen-bond acceptors (Lipinski definition) is 5. The van der Waals surface area contributed by atoms with Gasteiger partial charge in [-0.25, -0.2) is 0 Å². The van der Waals surface area contributed by atoms with Crippen LogP contribution in [0.15, 0.2) is 42.5 Å². The molecule has 1 unspecified atom stereocenters. The Morgan fingerprint density at radius 2 is 1.68 bits per heavy atom. The van der Waals surface area contributed by atoms with Gasteiger partial charge in [0.25, 0.3) is 0 Å². The van der Waals surface area contributed by atoms with Crippen LogP contribution in [0.25, 0.3) is 0 Å². The number of methoxy groups -OCH3 is 1. The van der Waals surface area contributed by atoms with Crippen molar-refractivity contribution in [1.29, 1.82) is 0 Å². The van der Waals surface area contributed by atoms with Crippen molar-refractivity contribution in [3.8, 4) is 11.5 Å². The number of rotatable bonds is 8. The number of piperazine rings is 1. The molecule has 1 fully saturated rings. The first kappa shape index (κ1) is 27.4. The van der Waals surface area contributed by atoms with Crippen molar-refractivity contribution in [3.63, 3.8) is 0 Å². The molecule has 1 atom stereocenters. The van der Waals surface area contributed by atoms with Crippen LogP contribution in [0.5, 0.6) is 11.5 Å². The summed E-state index contributed by atoms with van der Waals surface area (Å²) in [5.41, 5.74) is 3.71. The summed E-state index contributed by atoms with van der Waals surface area (Å²) in [6.07, 6.45) is -0.502. The molecule has 5 nitrogen and oxygen atoms in total. The van der Waals surface area contributed by atoms with Gasteiger partial charge in [0.2, 0.25) is 0 Å². The molecule has 0 amide bonds. The Bertz CT molecular complexity index is 796. The topological polar surface area (TPSA) is 45.2 Å². The molecule has 3 rings (SSSR count). The maximum atomic E-state index is 10.4. The molecule has 1 aliphatic rings. The third kappa shape index (κ3) is 7.46. The van der Waals surface area contributed by atoms with Crippen LogP contribution in [-0.4, -0.2) is 62.6 Å². The van der Waals surface area contributed by atoms with Crippen LogP contribution in [0.2, 0.25) is 0 Å². The highest BCUT2D eigenvalue weighted by Gasteiger charge is 2.21. The first-order valence-electron chi connectivity index (χ1n) is 10.5. The summed E-state index contributed by atoms with van der Waals surface area (Å²) < 4.78 is 11.3. The predicted octanol–water partition coefficient (Wildman–Crippen LogP) is 4.53. The second-order valence-electron chi connectivity index (χ2n) is 8.10. The molecule has 1 N–H and O–H groups in total. The van der Waals surface area contributed by atoms with Crippen molar-refractivity contribution < 1.29 is 14.6 Å². The number of aliphatic hydroxyl groups excluding tert-OH is 1. The number of aryl methyl sites for hydroxylation is 1. The fourth-order valence-electron chi connectivity index (χ4n) is 3.99. The van der Waals surface area contributed by atoms with Gasteiger partial charge in [0.15, 0.2) is 0 Å². The summed E-state index contributed by atoms with van der Waals surface area (Å²) in [6, 6.07) is 14.3. The number of β-amino-alcohol motifs (C(OH)–C–C–N with tert-alkyl or cyclic N) is 1. The molecule has 1 heterocycles. The van der Waals surface area contributed by atoms with Crippen molar-refractivity contribution in [2.45, 2.75) is 32.8 Å². The van der Waals surface area contributed by atoms with Gasteiger partial charge in [0.05, 0.1) is 12.8 Å². The van der Waals surface area contributed by atoms with Gasteiger partial charge in [-0.1, -0.05) is 32.0 Å². The summed E-state index contributed by atoms with van der Waals surface area (Å²) in [4.78, 5) is 4.64. The second kappa shape index (κ2) is 13.0. The van der Waals surface area contributed by atoms with E-state index < -0.39 is 6.10 Å². The number of ether oxygens (including phenoxy) is 2. The highest BCUT2D eigenvalue weighted by molar-refractivity contribution is 5.85. The van der Waals surface area contributed by atoms with E-state index in [1.54, 1.807) is 7.11 Å². The van der Waals surface area contributed by atoms with Gasteiger partial charge < -0.3 is 19.5 Å². The van der Waals surface area contributed by atoms with Gasteiger partial charge in [-0.15, -0.1) is 24.8 Å². The van der Waals surface area contributed by atoms with E-state index in [0.29, 0.717) is 19.1 Å². The van der Waals surface area contributed by atoms with E-state index in [0.717, 1.165) is 43.4 Å². The lowest BCUT2D eigenvalue weighted by Crippen LogP contribution is -2.49. The number of para-hydroxylation sites is 2. The molecule has 7 heteroatoms. The van der Waals surface area contributed by atoms with Crippen molar-refractivity contribution in [3.05, 3.63) is 53.6 Å². The summed E-state index contributed by atoms with van der Waals surface area (Å²) >= 11 is 0. The Morgan fingerprint density at radius 3 is 2.29 bits per heavy atom. The van der Waals surface area contributed by atoms with Crippen molar-refractivity contribution in [2.75, 3.05) is 51.3 Å². The van der Waals surface area contributed by atoms with E-state index in [1.807, 2.05) is 24.3 Å². The van der Waals surface area contributed by atoms with Crippen molar-refractivity contribution >= 4 is 30.5 Å². The number of aliphatic hydroxyl groups is 1. The van der Waals surface area contributed by atoms with Crippen molar-refractivity contribution in [2.24, 2.45) is 0 Å². The Hall–Kier alpha value is -1.66. The summed E-state index contributed by atoms with van der Waals surface area (Å²) in [7, 11) is 1.71. The molecule has 174 valence electrons. The highest BCUT2D eigenvalue weighted by Crippen LogP contribution is 2.28. The van der Waals surface area contributed by atoms with E-state index in [1.165, 1.54) is 11.1 Å². The minimum absolute atomic E-state index is 0. The number of nitrogens with zero attached hydrogens (tertiary/aromatic N) is 2. The number of halogens is 2. The molecule has 1 saturated heterocycles. The van der Waals surface area contributed by atoms with Gasteiger partial charge in [0.1, 0.15) is 24.2 Å². The molecule has 1 aliphatic heterocycles. The fourth-order valence-corrected chi connectivity index (χ4v) is 3.99. The second-order valence-corrected chi connectivity index (χ2v) is 8.10. The predicted molar refractivity (Wildman–Crippen MR) is 133 cm³/mol. The zero-order chi connectivity index (χ0) is 20.8. The average molecular weight is 471 g/mol. The van der Waals surface area contributed by atoms with Crippen LogP contribution in [-0.2, 0) is 0 Å². The van der Waals surface area contributed by atoms with Gasteiger partial charge >= 0.3 is 0 Å². The normalized spacial score (nSPS) is 15.1. The highest BCUT2D eigenvalue weighted by atomic mass is 35.5. The van der Waals surface area contributed by atoms with Crippen LogP contribution < -0.4 is 14.4 Å². The number of benzene rings is 2. The molecule has 0 bridgehead atoms. The van der Waals surface area contributed by atoms with Gasteiger partial charge in [-0.05, 0) is 48.2 Å². The van der Waals surface area contributed by atoms with Gasteiger partial charge in [-0.3, -0.25) is 4.90 Å². The van der Waals surface area contributed by atoms with E-state index in [9.17, 15) is 5.11 Å². The van der Waals surface area contributed by atoms with Crippen LogP contribution in [0.1, 0.15) is 30.9 Å². The average Bonchev–Trinajstić information content (AvgIpc) is 2.72. The molecular formula is C24H36Cl2N2O3. The first-order valence-corrected chi connectivity index (χ1v) is 10.5. The minimum atomic E-state index is -0.502.